The zero-order valence-electron chi connectivity index (χ0n) is 23.7. The van der Waals surface area contributed by atoms with Crippen LogP contribution in [0, 0.1) is 11.8 Å². The van der Waals surface area contributed by atoms with E-state index in [4.69, 9.17) is 9.47 Å². The molecule has 1 aliphatic heterocycles. The topological polar surface area (TPSA) is 146 Å². The minimum atomic E-state index is -0.972. The number of rotatable bonds is 13. The summed E-state index contributed by atoms with van der Waals surface area (Å²) >= 11 is 0. The summed E-state index contributed by atoms with van der Waals surface area (Å²) in [6.07, 6.45) is 6.04. The molecule has 1 saturated heterocycles. The van der Waals surface area contributed by atoms with Crippen LogP contribution in [0.15, 0.2) is 24.3 Å². The molecule has 10 heteroatoms. The lowest BCUT2D eigenvalue weighted by atomic mass is 9.90. The van der Waals surface area contributed by atoms with E-state index in [1.165, 1.54) is 0 Å². The summed E-state index contributed by atoms with van der Waals surface area (Å²) in [6.45, 7) is 3.65. The van der Waals surface area contributed by atoms with Gasteiger partial charge in [-0.15, -0.1) is 0 Å². The summed E-state index contributed by atoms with van der Waals surface area (Å²) in [6, 6.07) is 4.64. The third-order valence-corrected chi connectivity index (χ3v) is 8.53. The summed E-state index contributed by atoms with van der Waals surface area (Å²) in [4.78, 5) is 52.8. The van der Waals surface area contributed by atoms with Gasteiger partial charge >= 0.3 is 0 Å². The number of methoxy groups -OCH3 is 1. The zero-order chi connectivity index (χ0) is 28.9. The van der Waals surface area contributed by atoms with E-state index >= 15 is 0 Å². The number of Topliss-reactive ketones (excluding diaryl/α,β-unsaturated/α-hetero) is 1. The first-order valence-electron chi connectivity index (χ1n) is 14.5. The molecule has 40 heavy (non-hydrogen) atoms. The van der Waals surface area contributed by atoms with Crippen molar-refractivity contribution < 1.29 is 33.8 Å². The molecule has 0 spiro atoms. The van der Waals surface area contributed by atoms with Crippen LogP contribution in [0.5, 0.6) is 5.75 Å². The van der Waals surface area contributed by atoms with Gasteiger partial charge in [-0.3, -0.25) is 19.2 Å². The fourth-order valence-electron chi connectivity index (χ4n) is 5.80. The maximum atomic E-state index is 13.7. The molecule has 220 valence electrons. The molecule has 0 bridgehead atoms. The van der Waals surface area contributed by atoms with Crippen LogP contribution < -0.4 is 20.7 Å². The van der Waals surface area contributed by atoms with Gasteiger partial charge in [0.2, 0.25) is 17.7 Å². The standard InChI is InChI=1S/C30H43N3O7/c1-18(31-28(37)21-10-11-22(34)16-21)27(36)33-25(15-20-8-12-23(39-3)13-9-20)29(38)32-24(14-19-6-4-5-7-19)26(35)30(2)17-40-30/h8-9,12-13,18-19,21-22,24-25,34H,4-7,10-11,14-17H2,1-3H3,(H,31,37)(H,32,38)(H,33,36)/t18?,21-,22-,24?,25?,30?/m0/s1. The van der Waals surface area contributed by atoms with Crippen molar-refractivity contribution in [3.8, 4) is 5.75 Å². The molecule has 4 rings (SSSR count). The first-order chi connectivity index (χ1) is 19.1. The maximum Gasteiger partial charge on any atom is 0.243 e. The molecule has 4 unspecified atom stereocenters. The van der Waals surface area contributed by atoms with Crippen LogP contribution in [0.3, 0.4) is 0 Å². The van der Waals surface area contributed by atoms with Crippen molar-refractivity contribution in [3.63, 3.8) is 0 Å². The van der Waals surface area contributed by atoms with E-state index in [0.29, 0.717) is 44.0 Å². The summed E-state index contributed by atoms with van der Waals surface area (Å²) < 4.78 is 10.6. The summed E-state index contributed by atoms with van der Waals surface area (Å²) in [7, 11) is 1.57. The van der Waals surface area contributed by atoms with Crippen LogP contribution in [0.1, 0.15) is 70.8 Å². The molecule has 2 aliphatic carbocycles. The molecule has 3 amide bonds. The minimum Gasteiger partial charge on any atom is -0.497 e. The largest absolute Gasteiger partial charge is 0.497 e. The van der Waals surface area contributed by atoms with Gasteiger partial charge in [0, 0.05) is 12.3 Å². The van der Waals surface area contributed by atoms with E-state index in [2.05, 4.69) is 16.0 Å². The van der Waals surface area contributed by atoms with Crippen molar-refractivity contribution in [2.24, 2.45) is 11.8 Å². The molecular weight excluding hydrogens is 514 g/mol. The fourth-order valence-corrected chi connectivity index (χ4v) is 5.80. The van der Waals surface area contributed by atoms with Crippen LogP contribution >= 0.6 is 0 Å². The molecule has 0 aromatic heterocycles. The monoisotopic (exact) mass is 557 g/mol. The SMILES string of the molecule is COc1ccc(CC(NC(=O)C(C)NC(=O)[C@H]2CC[C@H](O)C2)C(=O)NC(CC2CCCC2)C(=O)C2(C)CO2)cc1. The third-order valence-electron chi connectivity index (χ3n) is 8.53. The fraction of sp³-hybridized carbons (Fsp3) is 0.667. The van der Waals surface area contributed by atoms with Gasteiger partial charge in [0.1, 0.15) is 23.4 Å². The molecule has 10 nitrogen and oxygen atoms in total. The van der Waals surface area contributed by atoms with Crippen LogP contribution in [-0.2, 0) is 30.3 Å². The molecule has 2 saturated carbocycles. The number of carbonyl (C=O) groups excluding carboxylic acids is 4. The number of amides is 3. The van der Waals surface area contributed by atoms with Gasteiger partial charge in [-0.2, -0.15) is 0 Å². The molecule has 1 heterocycles. The minimum absolute atomic E-state index is 0.137. The maximum absolute atomic E-state index is 13.7. The number of ether oxygens (including phenoxy) is 2. The second-order valence-corrected chi connectivity index (χ2v) is 11.8. The van der Waals surface area contributed by atoms with Crippen LogP contribution in [-0.4, -0.2) is 72.2 Å². The van der Waals surface area contributed by atoms with Crippen molar-refractivity contribution >= 4 is 23.5 Å². The van der Waals surface area contributed by atoms with Gasteiger partial charge in [0.05, 0.1) is 25.9 Å². The van der Waals surface area contributed by atoms with Crippen molar-refractivity contribution in [2.45, 2.75) is 101 Å². The predicted molar refractivity (Wildman–Crippen MR) is 147 cm³/mol. The summed E-state index contributed by atoms with van der Waals surface area (Å²) in [5.74, 6) is -0.689. The molecule has 4 N–H and O–H groups in total. The molecule has 3 fully saturated rings. The Labute approximate surface area is 235 Å². The quantitative estimate of drug-likeness (QED) is 0.271. The number of aliphatic hydroxyl groups is 1. The first kappa shape index (κ1) is 30.0. The highest BCUT2D eigenvalue weighted by Crippen LogP contribution is 2.33. The van der Waals surface area contributed by atoms with Crippen LogP contribution in [0.4, 0.5) is 0 Å². The Morgan fingerprint density at radius 1 is 1.00 bits per heavy atom. The zero-order valence-corrected chi connectivity index (χ0v) is 23.7. The van der Waals surface area contributed by atoms with Gasteiger partial charge in [-0.05, 0) is 63.1 Å². The number of benzene rings is 1. The summed E-state index contributed by atoms with van der Waals surface area (Å²) in [5, 5.41) is 18.2. The van der Waals surface area contributed by atoms with E-state index in [0.717, 1.165) is 31.2 Å². The molecule has 3 aliphatic rings. The average molecular weight is 558 g/mol. The van der Waals surface area contributed by atoms with Gasteiger partial charge in [0.25, 0.3) is 0 Å². The molecule has 1 aromatic rings. The first-order valence-corrected chi connectivity index (χ1v) is 14.5. The van der Waals surface area contributed by atoms with Gasteiger partial charge in [-0.25, -0.2) is 0 Å². The Bertz CT molecular complexity index is 1070. The van der Waals surface area contributed by atoms with Crippen LogP contribution in [0.25, 0.3) is 0 Å². The molecule has 1 aromatic carbocycles. The normalized spacial score (nSPS) is 26.4. The Balaban J connectivity index is 1.46. The number of hydrogen-bond donors (Lipinski definition) is 4. The van der Waals surface area contributed by atoms with Crippen molar-refractivity contribution in [1.82, 2.24) is 16.0 Å². The summed E-state index contributed by atoms with van der Waals surface area (Å²) in [5.41, 5.74) is -0.0771. The van der Waals surface area contributed by atoms with Crippen molar-refractivity contribution in [1.29, 1.82) is 0 Å². The number of nitrogens with one attached hydrogen (secondary N) is 3. The molecule has 0 radical (unpaired) electrons. The Hall–Kier alpha value is -2.98. The number of aliphatic hydroxyl groups excluding tert-OH is 1. The van der Waals surface area contributed by atoms with E-state index in [1.807, 2.05) is 12.1 Å². The van der Waals surface area contributed by atoms with E-state index in [-0.39, 0.29) is 24.0 Å². The predicted octanol–water partition coefficient (Wildman–Crippen LogP) is 1.81. The lowest BCUT2D eigenvalue weighted by Gasteiger charge is -2.27. The molecule has 6 atom stereocenters. The highest BCUT2D eigenvalue weighted by Gasteiger charge is 2.50. The second-order valence-electron chi connectivity index (χ2n) is 11.8. The Morgan fingerprint density at radius 3 is 2.23 bits per heavy atom. The van der Waals surface area contributed by atoms with Gasteiger partial charge in [0.15, 0.2) is 5.78 Å². The third kappa shape index (κ3) is 7.81. The highest BCUT2D eigenvalue weighted by atomic mass is 16.6. The molecular formula is C30H43N3O7. The number of ketones is 1. The Kier molecular flexibility index (Phi) is 9.84. The van der Waals surface area contributed by atoms with E-state index < -0.39 is 41.6 Å². The lowest BCUT2D eigenvalue weighted by molar-refractivity contribution is -0.134. The number of hydrogen-bond acceptors (Lipinski definition) is 7. The van der Waals surface area contributed by atoms with Crippen molar-refractivity contribution in [2.75, 3.05) is 13.7 Å². The van der Waals surface area contributed by atoms with E-state index in [9.17, 15) is 24.3 Å². The number of carbonyl (C=O) groups is 4. The van der Waals surface area contributed by atoms with Crippen LogP contribution in [0.2, 0.25) is 0 Å². The Morgan fingerprint density at radius 2 is 1.65 bits per heavy atom. The smallest absolute Gasteiger partial charge is 0.243 e. The van der Waals surface area contributed by atoms with Gasteiger partial charge < -0.3 is 30.5 Å². The van der Waals surface area contributed by atoms with E-state index in [1.54, 1.807) is 33.1 Å². The van der Waals surface area contributed by atoms with Crippen molar-refractivity contribution in [3.05, 3.63) is 29.8 Å². The highest BCUT2D eigenvalue weighted by molar-refractivity contribution is 5.98. The lowest BCUT2D eigenvalue weighted by Crippen LogP contribution is -2.57. The number of epoxide rings is 1. The van der Waals surface area contributed by atoms with Gasteiger partial charge in [-0.1, -0.05) is 37.8 Å². The average Bonchev–Trinajstić information content (AvgIpc) is 3.28. The second kappa shape index (κ2) is 13.1.